The third-order valence-corrected chi connectivity index (χ3v) is 4.61. The van der Waals surface area contributed by atoms with Crippen LogP contribution in [0.5, 0.6) is 5.75 Å². The number of carbonyl (C=O) groups is 1. The van der Waals surface area contributed by atoms with Gasteiger partial charge in [-0.1, -0.05) is 12.8 Å². The normalized spacial score (nSPS) is 26.7. The number of carbonyl (C=O) groups excluding carboxylic acids is 1. The summed E-state index contributed by atoms with van der Waals surface area (Å²) in [4.78, 5) is 12.3. The highest BCUT2D eigenvalue weighted by Gasteiger charge is 2.38. The molecule has 2 aliphatic rings. The second-order valence-electron chi connectivity index (χ2n) is 5.94. The Hall–Kier alpha value is -1.33. The van der Waals surface area contributed by atoms with Crippen molar-refractivity contribution in [1.29, 1.82) is 0 Å². The minimum Gasteiger partial charge on any atom is -0.497 e. The summed E-state index contributed by atoms with van der Waals surface area (Å²) < 4.78 is 18.8. The Morgan fingerprint density at radius 2 is 2.14 bits per heavy atom. The molecule has 22 heavy (non-hydrogen) atoms. The number of halogens is 2. The molecule has 122 valence electrons. The summed E-state index contributed by atoms with van der Waals surface area (Å²) in [6.45, 7) is 0. The van der Waals surface area contributed by atoms with E-state index in [0.717, 1.165) is 12.8 Å². The molecule has 0 radical (unpaired) electrons. The minimum absolute atomic E-state index is 0. The largest absolute Gasteiger partial charge is 0.497 e. The molecule has 0 aromatic heterocycles. The van der Waals surface area contributed by atoms with Gasteiger partial charge in [-0.3, -0.25) is 4.79 Å². The summed E-state index contributed by atoms with van der Waals surface area (Å²) in [5, 5.41) is 6.08. The van der Waals surface area contributed by atoms with E-state index in [0.29, 0.717) is 17.7 Å². The number of anilines is 1. The monoisotopic (exact) mass is 328 g/mol. The predicted octanol–water partition coefficient (Wildman–Crippen LogP) is 3.12. The molecular formula is C16H22ClFN2O2. The lowest BCUT2D eigenvalue weighted by Crippen LogP contribution is -2.40. The number of hydrogen-bond acceptors (Lipinski definition) is 3. The average Bonchev–Trinajstić information content (AvgIpc) is 2.93. The molecule has 0 spiro atoms. The van der Waals surface area contributed by atoms with Crippen LogP contribution in [0.15, 0.2) is 18.2 Å². The van der Waals surface area contributed by atoms with E-state index in [4.69, 9.17) is 4.74 Å². The van der Waals surface area contributed by atoms with Crippen molar-refractivity contribution in [3.63, 3.8) is 0 Å². The zero-order valence-electron chi connectivity index (χ0n) is 12.6. The van der Waals surface area contributed by atoms with Gasteiger partial charge in [-0.15, -0.1) is 12.4 Å². The SMILES string of the molecule is COc1ccc(F)c(NC(=O)C2CC3CCCCC3N2)c1.Cl. The first-order valence-corrected chi connectivity index (χ1v) is 7.58. The van der Waals surface area contributed by atoms with E-state index < -0.39 is 5.82 Å². The van der Waals surface area contributed by atoms with Crippen LogP contribution in [-0.4, -0.2) is 25.1 Å². The van der Waals surface area contributed by atoms with Crippen LogP contribution in [0.4, 0.5) is 10.1 Å². The Labute approximate surface area is 136 Å². The van der Waals surface area contributed by atoms with Crippen LogP contribution in [0.3, 0.4) is 0 Å². The molecule has 6 heteroatoms. The topological polar surface area (TPSA) is 50.4 Å². The van der Waals surface area contributed by atoms with Crippen molar-refractivity contribution in [3.05, 3.63) is 24.0 Å². The Morgan fingerprint density at radius 1 is 1.36 bits per heavy atom. The van der Waals surface area contributed by atoms with Gasteiger partial charge in [-0.2, -0.15) is 0 Å². The average molecular weight is 329 g/mol. The molecule has 3 unspecified atom stereocenters. The zero-order valence-corrected chi connectivity index (χ0v) is 13.4. The second-order valence-corrected chi connectivity index (χ2v) is 5.94. The summed E-state index contributed by atoms with van der Waals surface area (Å²) in [6, 6.07) is 4.58. The van der Waals surface area contributed by atoms with Gasteiger partial charge in [-0.05, 0) is 37.3 Å². The minimum atomic E-state index is -0.445. The van der Waals surface area contributed by atoms with E-state index in [1.807, 2.05) is 0 Å². The van der Waals surface area contributed by atoms with E-state index in [2.05, 4.69) is 10.6 Å². The van der Waals surface area contributed by atoms with Gasteiger partial charge in [0.1, 0.15) is 11.6 Å². The Kier molecular flexibility index (Phi) is 5.64. The molecule has 1 saturated heterocycles. The van der Waals surface area contributed by atoms with Crippen LogP contribution in [0.25, 0.3) is 0 Å². The maximum Gasteiger partial charge on any atom is 0.241 e. The molecule has 3 atom stereocenters. The maximum atomic E-state index is 13.8. The molecular weight excluding hydrogens is 307 g/mol. The molecule has 1 aliphatic carbocycles. The number of ether oxygens (including phenoxy) is 1. The van der Waals surface area contributed by atoms with Crippen LogP contribution in [-0.2, 0) is 4.79 Å². The molecule has 4 nitrogen and oxygen atoms in total. The number of benzene rings is 1. The fourth-order valence-electron chi connectivity index (χ4n) is 3.47. The summed E-state index contributed by atoms with van der Waals surface area (Å²) in [6.07, 6.45) is 5.66. The number of fused-ring (bicyclic) bond motifs is 1. The van der Waals surface area contributed by atoms with Crippen LogP contribution in [0, 0.1) is 11.7 Å². The van der Waals surface area contributed by atoms with E-state index in [1.165, 1.54) is 44.6 Å². The van der Waals surface area contributed by atoms with E-state index in [-0.39, 0.29) is 30.0 Å². The Balaban J connectivity index is 0.00000176. The quantitative estimate of drug-likeness (QED) is 0.896. The lowest BCUT2D eigenvalue weighted by molar-refractivity contribution is -0.117. The van der Waals surface area contributed by atoms with E-state index in [9.17, 15) is 9.18 Å². The lowest BCUT2D eigenvalue weighted by atomic mass is 9.85. The molecule has 3 rings (SSSR count). The molecule has 0 bridgehead atoms. The molecule has 1 saturated carbocycles. The van der Waals surface area contributed by atoms with Crippen molar-refractivity contribution in [2.45, 2.75) is 44.2 Å². The summed E-state index contributed by atoms with van der Waals surface area (Å²) in [5.41, 5.74) is 0.177. The fraction of sp³-hybridized carbons (Fsp3) is 0.562. The molecule has 1 aliphatic heterocycles. The third-order valence-electron chi connectivity index (χ3n) is 4.61. The summed E-state index contributed by atoms with van der Waals surface area (Å²) in [7, 11) is 1.52. The van der Waals surface area contributed by atoms with Crippen molar-refractivity contribution >= 4 is 24.0 Å². The molecule has 1 aromatic carbocycles. The zero-order chi connectivity index (χ0) is 14.8. The highest BCUT2D eigenvalue weighted by atomic mass is 35.5. The number of rotatable bonds is 3. The first-order valence-electron chi connectivity index (χ1n) is 7.58. The highest BCUT2D eigenvalue weighted by molar-refractivity contribution is 5.95. The van der Waals surface area contributed by atoms with Crippen LogP contribution in [0.1, 0.15) is 32.1 Å². The smallest absolute Gasteiger partial charge is 0.241 e. The van der Waals surface area contributed by atoms with Gasteiger partial charge in [0.2, 0.25) is 5.91 Å². The summed E-state index contributed by atoms with van der Waals surface area (Å²) in [5.74, 6) is 0.514. The van der Waals surface area contributed by atoms with Crippen molar-refractivity contribution < 1.29 is 13.9 Å². The van der Waals surface area contributed by atoms with Gasteiger partial charge < -0.3 is 15.4 Å². The highest BCUT2D eigenvalue weighted by Crippen LogP contribution is 2.33. The molecule has 1 amide bonds. The van der Waals surface area contributed by atoms with Crippen LogP contribution in [0.2, 0.25) is 0 Å². The Bertz CT molecular complexity index is 527. The predicted molar refractivity (Wildman–Crippen MR) is 86.1 cm³/mol. The van der Waals surface area contributed by atoms with E-state index in [1.54, 1.807) is 0 Å². The van der Waals surface area contributed by atoms with E-state index >= 15 is 0 Å². The van der Waals surface area contributed by atoms with Crippen LogP contribution >= 0.6 is 12.4 Å². The third kappa shape index (κ3) is 3.52. The molecule has 2 N–H and O–H groups in total. The van der Waals surface area contributed by atoms with Gasteiger partial charge >= 0.3 is 0 Å². The maximum absolute atomic E-state index is 13.8. The number of hydrogen-bond donors (Lipinski definition) is 2. The standard InChI is InChI=1S/C16H21FN2O2.ClH/c1-21-11-6-7-12(17)14(9-11)19-16(20)15-8-10-4-2-3-5-13(10)18-15;/h6-7,9-10,13,15,18H,2-5,8H2,1H3,(H,19,20);1H. The van der Waals surface area contributed by atoms with Gasteiger partial charge in [0.15, 0.2) is 0 Å². The number of amides is 1. The van der Waals surface area contributed by atoms with Gasteiger partial charge in [-0.25, -0.2) is 4.39 Å². The lowest BCUT2D eigenvalue weighted by Gasteiger charge is -2.24. The van der Waals surface area contributed by atoms with Gasteiger partial charge in [0.25, 0.3) is 0 Å². The first-order chi connectivity index (χ1) is 10.2. The summed E-state index contributed by atoms with van der Waals surface area (Å²) >= 11 is 0. The van der Waals surface area contributed by atoms with Crippen molar-refractivity contribution in [2.75, 3.05) is 12.4 Å². The van der Waals surface area contributed by atoms with Crippen molar-refractivity contribution in [1.82, 2.24) is 5.32 Å². The van der Waals surface area contributed by atoms with Crippen LogP contribution < -0.4 is 15.4 Å². The van der Waals surface area contributed by atoms with Crippen molar-refractivity contribution in [3.8, 4) is 5.75 Å². The first kappa shape index (κ1) is 17.0. The fourth-order valence-corrected chi connectivity index (χ4v) is 3.47. The van der Waals surface area contributed by atoms with Crippen molar-refractivity contribution in [2.24, 2.45) is 5.92 Å². The Morgan fingerprint density at radius 3 is 2.86 bits per heavy atom. The second kappa shape index (κ2) is 7.29. The number of methoxy groups -OCH3 is 1. The molecule has 2 fully saturated rings. The molecule has 1 heterocycles. The number of nitrogens with one attached hydrogen (secondary N) is 2. The molecule has 1 aromatic rings. The van der Waals surface area contributed by atoms with Gasteiger partial charge in [0, 0.05) is 12.1 Å². The van der Waals surface area contributed by atoms with Gasteiger partial charge in [0.05, 0.1) is 18.8 Å².